The molecule has 0 bridgehead atoms. The molecule has 5 aromatic carbocycles. The smallest absolute Gasteiger partial charge is 0.166 e. The van der Waals surface area contributed by atoms with Crippen LogP contribution < -0.4 is 0 Å². The van der Waals surface area contributed by atoms with Gasteiger partial charge in [-0.1, -0.05) is 58.0 Å². The SMILES string of the molecule is CC(C)c1cc(-c2cc(C(F)(F)F)cc(C(F)(F)F)c2)c2c(c1)cc(C(C)C)c1cc(-c3cc(C(F)(F)F)cc(C(F)(F)F)c3)ccc12. The molecule has 5 aromatic rings. The summed E-state index contributed by atoms with van der Waals surface area (Å²) in [6.45, 7) is 7.21. The van der Waals surface area contributed by atoms with Crippen molar-refractivity contribution in [3.05, 3.63) is 106 Å². The van der Waals surface area contributed by atoms with Crippen molar-refractivity contribution in [1.29, 1.82) is 0 Å². The van der Waals surface area contributed by atoms with Gasteiger partial charge < -0.3 is 0 Å². The van der Waals surface area contributed by atoms with Gasteiger partial charge >= 0.3 is 24.7 Å². The lowest BCUT2D eigenvalue weighted by Crippen LogP contribution is -2.11. The van der Waals surface area contributed by atoms with Gasteiger partial charge in [0.2, 0.25) is 0 Å². The van der Waals surface area contributed by atoms with Gasteiger partial charge in [0.15, 0.2) is 0 Å². The number of rotatable bonds is 4. The van der Waals surface area contributed by atoms with Crippen LogP contribution in [0.1, 0.15) is 72.9 Å². The van der Waals surface area contributed by atoms with Crippen LogP contribution in [0.3, 0.4) is 0 Å². The Hall–Kier alpha value is -4.22. The average molecular weight is 687 g/mol. The van der Waals surface area contributed by atoms with E-state index in [1.165, 1.54) is 24.3 Å². The highest BCUT2D eigenvalue weighted by atomic mass is 19.4. The van der Waals surface area contributed by atoms with E-state index in [0.717, 1.165) is 0 Å². The van der Waals surface area contributed by atoms with Crippen LogP contribution in [-0.2, 0) is 24.7 Å². The van der Waals surface area contributed by atoms with E-state index < -0.39 is 47.0 Å². The minimum Gasteiger partial charge on any atom is -0.166 e. The molecular formula is C36H26F12. The summed E-state index contributed by atoms with van der Waals surface area (Å²) in [7, 11) is 0. The van der Waals surface area contributed by atoms with Crippen LogP contribution in [0.25, 0.3) is 43.8 Å². The Balaban J connectivity index is 1.90. The lowest BCUT2D eigenvalue weighted by molar-refractivity contribution is -0.144. The maximum Gasteiger partial charge on any atom is 0.416 e. The third-order valence-electron chi connectivity index (χ3n) is 8.21. The molecule has 0 atom stereocenters. The summed E-state index contributed by atoms with van der Waals surface area (Å²) in [6, 6.07) is 11.6. The number of alkyl halides is 12. The Labute approximate surface area is 267 Å². The second-order valence-electron chi connectivity index (χ2n) is 12.3. The van der Waals surface area contributed by atoms with Gasteiger partial charge in [0.25, 0.3) is 0 Å². The van der Waals surface area contributed by atoms with E-state index in [0.29, 0.717) is 51.6 Å². The van der Waals surface area contributed by atoms with Crippen molar-refractivity contribution >= 4 is 21.5 Å². The van der Waals surface area contributed by atoms with Crippen molar-refractivity contribution in [1.82, 2.24) is 0 Å². The van der Waals surface area contributed by atoms with Crippen molar-refractivity contribution in [2.75, 3.05) is 0 Å². The molecule has 0 saturated carbocycles. The molecule has 0 fully saturated rings. The molecule has 0 aliphatic carbocycles. The molecule has 12 heteroatoms. The first-order valence-corrected chi connectivity index (χ1v) is 14.6. The van der Waals surface area contributed by atoms with Crippen LogP contribution in [0.15, 0.2) is 72.8 Å². The third kappa shape index (κ3) is 6.84. The fourth-order valence-corrected chi connectivity index (χ4v) is 5.80. The van der Waals surface area contributed by atoms with Crippen LogP contribution in [-0.4, -0.2) is 0 Å². The molecule has 0 saturated heterocycles. The highest BCUT2D eigenvalue weighted by molar-refractivity contribution is 6.16. The molecule has 0 nitrogen and oxygen atoms in total. The fourth-order valence-electron chi connectivity index (χ4n) is 5.80. The highest BCUT2D eigenvalue weighted by Crippen LogP contribution is 2.45. The molecule has 0 unspecified atom stereocenters. The predicted molar refractivity (Wildman–Crippen MR) is 161 cm³/mol. The highest BCUT2D eigenvalue weighted by Gasteiger charge is 2.38. The van der Waals surface area contributed by atoms with Crippen molar-refractivity contribution in [3.63, 3.8) is 0 Å². The van der Waals surface area contributed by atoms with E-state index in [2.05, 4.69) is 0 Å². The Bertz CT molecular complexity index is 1960. The maximum atomic E-state index is 13.9. The predicted octanol–water partition coefficient (Wildman–Crippen LogP) is 13.6. The van der Waals surface area contributed by atoms with Gasteiger partial charge in [-0.25, -0.2) is 0 Å². The third-order valence-corrected chi connectivity index (χ3v) is 8.21. The van der Waals surface area contributed by atoms with Gasteiger partial charge in [0.1, 0.15) is 0 Å². The van der Waals surface area contributed by atoms with Gasteiger partial charge in [-0.3, -0.25) is 0 Å². The van der Waals surface area contributed by atoms with E-state index >= 15 is 0 Å². The molecule has 5 rings (SSSR count). The fraction of sp³-hybridized carbons (Fsp3) is 0.278. The quantitative estimate of drug-likeness (QED) is 0.130. The zero-order chi connectivity index (χ0) is 35.7. The van der Waals surface area contributed by atoms with Crippen LogP contribution in [0, 0.1) is 0 Å². The lowest BCUT2D eigenvalue weighted by Gasteiger charge is -2.21. The van der Waals surface area contributed by atoms with E-state index in [1.807, 2.05) is 0 Å². The lowest BCUT2D eigenvalue weighted by atomic mass is 9.84. The zero-order valence-corrected chi connectivity index (χ0v) is 25.6. The van der Waals surface area contributed by atoms with Crippen LogP contribution in [0.2, 0.25) is 0 Å². The first-order chi connectivity index (χ1) is 21.9. The van der Waals surface area contributed by atoms with E-state index in [4.69, 9.17) is 0 Å². The molecule has 0 heterocycles. The van der Waals surface area contributed by atoms with Gasteiger partial charge in [-0.05, 0) is 109 Å². The van der Waals surface area contributed by atoms with Gasteiger partial charge in [-0.2, -0.15) is 52.7 Å². The van der Waals surface area contributed by atoms with Gasteiger partial charge in [0.05, 0.1) is 22.3 Å². The molecule has 0 aromatic heterocycles. The molecule has 0 radical (unpaired) electrons. The minimum absolute atomic E-state index is 0.000808. The molecule has 254 valence electrons. The van der Waals surface area contributed by atoms with Gasteiger partial charge in [-0.15, -0.1) is 0 Å². The van der Waals surface area contributed by atoms with Crippen LogP contribution in [0.5, 0.6) is 0 Å². The summed E-state index contributed by atoms with van der Waals surface area (Å²) in [6.07, 6.45) is -20.4. The summed E-state index contributed by atoms with van der Waals surface area (Å²) in [5, 5.41) is 1.48. The number of halogens is 12. The van der Waals surface area contributed by atoms with Crippen LogP contribution in [0.4, 0.5) is 52.7 Å². The molecule has 0 amide bonds. The average Bonchev–Trinajstić information content (AvgIpc) is 2.97. The molecular weight excluding hydrogens is 660 g/mol. The summed E-state index contributed by atoms with van der Waals surface area (Å²) in [5.74, 6) is -0.443. The van der Waals surface area contributed by atoms with Crippen molar-refractivity contribution in [2.24, 2.45) is 0 Å². The van der Waals surface area contributed by atoms with Crippen molar-refractivity contribution in [3.8, 4) is 22.3 Å². The summed E-state index contributed by atoms with van der Waals surface area (Å²) >= 11 is 0. The van der Waals surface area contributed by atoms with Crippen LogP contribution >= 0.6 is 0 Å². The number of hydrogen-bond acceptors (Lipinski definition) is 0. The first kappa shape index (κ1) is 35.1. The molecule has 0 spiro atoms. The van der Waals surface area contributed by atoms with E-state index in [-0.39, 0.29) is 51.6 Å². The first-order valence-electron chi connectivity index (χ1n) is 14.6. The van der Waals surface area contributed by atoms with Gasteiger partial charge in [0, 0.05) is 0 Å². The molecule has 0 aliphatic heterocycles. The minimum atomic E-state index is -5.11. The Morgan fingerprint density at radius 1 is 0.417 bits per heavy atom. The Morgan fingerprint density at radius 2 is 0.875 bits per heavy atom. The Morgan fingerprint density at radius 3 is 1.29 bits per heavy atom. The summed E-state index contributed by atoms with van der Waals surface area (Å²) in [4.78, 5) is 0. The standard InChI is InChI=1S/C36H26F12/c1-17(2)20-7-23-14-29(18(3)4)31-12-19(21-8-24(33(37,38)39)15-25(9-21)34(40,41)42)5-6-28(31)32(23)30(13-20)22-10-26(35(43,44)45)16-27(11-22)36(46,47)48/h5-18H,1-4H3. The summed E-state index contributed by atoms with van der Waals surface area (Å²) < 4.78 is 165. The second kappa shape index (κ2) is 11.7. The van der Waals surface area contributed by atoms with E-state index in [1.54, 1.807) is 39.8 Å². The molecule has 0 N–H and O–H groups in total. The number of benzene rings is 5. The maximum absolute atomic E-state index is 13.9. The monoisotopic (exact) mass is 686 g/mol. The number of hydrogen-bond donors (Lipinski definition) is 0. The normalized spacial score (nSPS) is 13.4. The largest absolute Gasteiger partial charge is 0.416 e. The van der Waals surface area contributed by atoms with Crippen molar-refractivity contribution in [2.45, 2.75) is 64.2 Å². The second-order valence-corrected chi connectivity index (χ2v) is 12.3. The van der Waals surface area contributed by atoms with Crippen molar-refractivity contribution < 1.29 is 52.7 Å². The topological polar surface area (TPSA) is 0 Å². The molecule has 48 heavy (non-hydrogen) atoms. The summed E-state index contributed by atoms with van der Waals surface area (Å²) in [5.41, 5.74) is -5.48. The van der Waals surface area contributed by atoms with E-state index in [9.17, 15) is 52.7 Å². The number of fused-ring (bicyclic) bond motifs is 3. The zero-order valence-electron chi connectivity index (χ0n) is 25.6. The Kier molecular flexibility index (Phi) is 8.58. The molecule has 0 aliphatic rings.